The molecule has 0 atom stereocenters. The number of aromatic nitrogens is 3. The van der Waals surface area contributed by atoms with Crippen molar-refractivity contribution in [2.24, 2.45) is 0 Å². The summed E-state index contributed by atoms with van der Waals surface area (Å²) in [6.07, 6.45) is 3.35. The van der Waals surface area contributed by atoms with Crippen LogP contribution >= 0.6 is 0 Å². The Morgan fingerprint density at radius 1 is 1.00 bits per heavy atom. The number of H-pyrrole nitrogens is 1. The summed E-state index contributed by atoms with van der Waals surface area (Å²) in [5.74, 6) is 0.498. The summed E-state index contributed by atoms with van der Waals surface area (Å²) in [6, 6.07) is 22.8. The van der Waals surface area contributed by atoms with Crippen LogP contribution in [0.3, 0.4) is 0 Å². The molecule has 3 N–H and O–H groups in total. The number of carbonyl (C=O) groups excluding carboxylic acids is 2. The largest absolute Gasteiger partial charge is 0.368 e. The van der Waals surface area contributed by atoms with Crippen molar-refractivity contribution in [1.82, 2.24) is 25.2 Å². The molecule has 0 saturated carbocycles. The number of amides is 2. The molecule has 8 nitrogen and oxygen atoms in total. The molecule has 2 aromatic carbocycles. The van der Waals surface area contributed by atoms with E-state index < -0.39 is 0 Å². The first kappa shape index (κ1) is 23.5. The molecule has 2 aromatic heterocycles. The van der Waals surface area contributed by atoms with Gasteiger partial charge in [-0.2, -0.15) is 0 Å². The van der Waals surface area contributed by atoms with Gasteiger partial charge >= 0.3 is 0 Å². The van der Waals surface area contributed by atoms with Gasteiger partial charge in [0.2, 0.25) is 5.91 Å². The average molecular weight is 483 g/mol. The lowest BCUT2D eigenvalue weighted by Gasteiger charge is -2.43. The lowest BCUT2D eigenvalue weighted by atomic mass is 9.69. The molecule has 3 heterocycles. The average Bonchev–Trinajstić information content (AvgIpc) is 3.37. The maximum atomic E-state index is 13.7. The fraction of sp³-hybridized carbons (Fsp3) is 0.286. The lowest BCUT2D eigenvalue weighted by Crippen LogP contribution is -2.49. The van der Waals surface area contributed by atoms with E-state index in [0.29, 0.717) is 43.3 Å². The molecule has 8 heteroatoms. The molecule has 36 heavy (non-hydrogen) atoms. The molecule has 184 valence electrons. The smallest absolute Gasteiger partial charge is 0.270 e. The van der Waals surface area contributed by atoms with E-state index in [-0.39, 0.29) is 17.2 Å². The van der Waals surface area contributed by atoms with Crippen LogP contribution in [0.1, 0.15) is 41.4 Å². The molecule has 0 unspecified atom stereocenters. The van der Waals surface area contributed by atoms with E-state index in [1.807, 2.05) is 23.1 Å². The van der Waals surface area contributed by atoms with Crippen LogP contribution in [0, 0.1) is 0 Å². The fourth-order valence-electron chi connectivity index (χ4n) is 5.17. The maximum absolute atomic E-state index is 13.7. The quantitative estimate of drug-likeness (QED) is 0.348. The molecule has 0 radical (unpaired) electrons. The lowest BCUT2D eigenvalue weighted by molar-refractivity contribution is -0.118. The van der Waals surface area contributed by atoms with Crippen molar-refractivity contribution in [3.05, 3.63) is 89.9 Å². The number of piperidine rings is 1. The highest BCUT2D eigenvalue weighted by atomic mass is 16.2. The van der Waals surface area contributed by atoms with Crippen LogP contribution in [0.4, 0.5) is 5.82 Å². The number of hydrogen-bond donors (Lipinski definition) is 3. The summed E-state index contributed by atoms with van der Waals surface area (Å²) in [4.78, 5) is 38.7. The van der Waals surface area contributed by atoms with Crippen LogP contribution in [-0.2, 0) is 10.2 Å². The van der Waals surface area contributed by atoms with Gasteiger partial charge in [0, 0.05) is 38.5 Å². The summed E-state index contributed by atoms with van der Waals surface area (Å²) in [5.41, 5.74) is 3.28. The molecule has 2 amide bonds. The number of rotatable bonds is 7. The Morgan fingerprint density at radius 3 is 2.36 bits per heavy atom. The van der Waals surface area contributed by atoms with Crippen molar-refractivity contribution >= 4 is 28.7 Å². The number of likely N-dealkylation sites (tertiary alicyclic amines) is 1. The van der Waals surface area contributed by atoms with Gasteiger partial charge in [-0.15, -0.1) is 0 Å². The Morgan fingerprint density at radius 2 is 1.69 bits per heavy atom. The first-order valence-electron chi connectivity index (χ1n) is 12.3. The second-order valence-electron chi connectivity index (χ2n) is 9.22. The molecule has 1 fully saturated rings. The van der Waals surface area contributed by atoms with Gasteiger partial charge in [-0.05, 0) is 30.0 Å². The number of benzene rings is 2. The summed E-state index contributed by atoms with van der Waals surface area (Å²) >= 11 is 0. The Kier molecular flexibility index (Phi) is 6.66. The standard InChI is InChI=1S/C28H30N6O2/c1-20(35)29-14-15-30-25-23-17-24(33-26(23)32-19-31-25)27(36)34-16-8-13-28(18-34,21-9-4-2-5-10-21)22-11-6-3-7-12-22/h2-7,9-12,17,19H,8,13-16,18H2,1H3,(H,29,35)(H2,30,31,32,33). The van der Waals surface area contributed by atoms with E-state index in [4.69, 9.17) is 0 Å². The third-order valence-electron chi connectivity index (χ3n) is 6.88. The molecule has 1 aliphatic rings. The van der Waals surface area contributed by atoms with E-state index >= 15 is 0 Å². The number of hydrogen-bond acceptors (Lipinski definition) is 5. The number of nitrogens with zero attached hydrogens (tertiary/aromatic N) is 3. The molecule has 4 aromatic rings. The van der Waals surface area contributed by atoms with Crippen molar-refractivity contribution in [1.29, 1.82) is 0 Å². The van der Waals surface area contributed by atoms with Gasteiger partial charge in [-0.25, -0.2) is 9.97 Å². The highest BCUT2D eigenvalue weighted by Gasteiger charge is 2.40. The normalized spacial score (nSPS) is 15.0. The van der Waals surface area contributed by atoms with Gasteiger partial charge in [-0.3, -0.25) is 9.59 Å². The Bertz CT molecular complexity index is 1310. The minimum Gasteiger partial charge on any atom is -0.368 e. The van der Waals surface area contributed by atoms with Crippen LogP contribution < -0.4 is 10.6 Å². The number of fused-ring (bicyclic) bond motifs is 1. The first-order chi connectivity index (χ1) is 17.6. The molecular weight excluding hydrogens is 452 g/mol. The molecule has 1 saturated heterocycles. The molecule has 0 spiro atoms. The highest BCUT2D eigenvalue weighted by molar-refractivity contribution is 6.00. The molecule has 0 aliphatic carbocycles. The fourth-order valence-corrected chi connectivity index (χ4v) is 5.17. The van der Waals surface area contributed by atoms with Crippen molar-refractivity contribution in [3.63, 3.8) is 0 Å². The van der Waals surface area contributed by atoms with Crippen LogP contribution in [0.2, 0.25) is 0 Å². The second-order valence-corrected chi connectivity index (χ2v) is 9.22. The Hall–Kier alpha value is -4.20. The third kappa shape index (κ3) is 4.66. The highest BCUT2D eigenvalue weighted by Crippen LogP contribution is 2.40. The van der Waals surface area contributed by atoms with Gasteiger partial charge in [-0.1, -0.05) is 60.7 Å². The van der Waals surface area contributed by atoms with Gasteiger partial charge in [0.25, 0.3) is 5.91 Å². The number of carbonyl (C=O) groups is 2. The van der Waals surface area contributed by atoms with Gasteiger partial charge in [0.05, 0.1) is 5.39 Å². The molecule has 0 bridgehead atoms. The van der Waals surface area contributed by atoms with E-state index in [1.165, 1.54) is 24.4 Å². The minimum atomic E-state index is -0.265. The van der Waals surface area contributed by atoms with E-state index in [1.54, 1.807) is 0 Å². The zero-order valence-corrected chi connectivity index (χ0v) is 20.3. The van der Waals surface area contributed by atoms with Crippen molar-refractivity contribution < 1.29 is 9.59 Å². The van der Waals surface area contributed by atoms with Crippen molar-refractivity contribution in [2.45, 2.75) is 25.2 Å². The first-order valence-corrected chi connectivity index (χ1v) is 12.3. The van der Waals surface area contributed by atoms with E-state index in [0.717, 1.165) is 18.2 Å². The van der Waals surface area contributed by atoms with Crippen molar-refractivity contribution in [3.8, 4) is 0 Å². The van der Waals surface area contributed by atoms with Crippen LogP contribution in [0.5, 0.6) is 0 Å². The van der Waals surface area contributed by atoms with Crippen LogP contribution in [-0.4, -0.2) is 57.8 Å². The van der Waals surface area contributed by atoms with Gasteiger partial charge in [0.1, 0.15) is 23.5 Å². The predicted molar refractivity (Wildman–Crippen MR) is 140 cm³/mol. The molecule has 1 aliphatic heterocycles. The van der Waals surface area contributed by atoms with Gasteiger partial charge in [0.15, 0.2) is 0 Å². The van der Waals surface area contributed by atoms with Crippen molar-refractivity contribution in [2.75, 3.05) is 31.5 Å². The van der Waals surface area contributed by atoms with E-state index in [9.17, 15) is 9.59 Å². The SMILES string of the molecule is CC(=O)NCCNc1ncnc2[nH]c(C(=O)N3CCCC(c4ccccc4)(c4ccccc4)C3)cc12. The van der Waals surface area contributed by atoms with Crippen LogP contribution in [0.15, 0.2) is 73.1 Å². The second kappa shape index (κ2) is 10.2. The maximum Gasteiger partial charge on any atom is 0.270 e. The third-order valence-corrected chi connectivity index (χ3v) is 6.88. The summed E-state index contributed by atoms with van der Waals surface area (Å²) in [6.45, 7) is 3.78. The number of anilines is 1. The number of aromatic amines is 1. The van der Waals surface area contributed by atoms with Crippen LogP contribution in [0.25, 0.3) is 11.0 Å². The van der Waals surface area contributed by atoms with Gasteiger partial charge < -0.3 is 20.5 Å². The van der Waals surface area contributed by atoms with E-state index in [2.05, 4.69) is 74.1 Å². The zero-order valence-electron chi connectivity index (χ0n) is 20.3. The summed E-state index contributed by atoms with van der Waals surface area (Å²) in [5, 5.41) is 6.72. The predicted octanol–water partition coefficient (Wildman–Crippen LogP) is 3.73. The number of nitrogens with one attached hydrogen (secondary N) is 3. The Labute approximate surface area is 210 Å². The summed E-state index contributed by atoms with van der Waals surface area (Å²) in [7, 11) is 0. The monoisotopic (exact) mass is 482 g/mol. The molecule has 5 rings (SSSR count). The zero-order chi connectivity index (χ0) is 25.0. The Balaban J connectivity index is 1.42. The minimum absolute atomic E-state index is 0.0480. The summed E-state index contributed by atoms with van der Waals surface area (Å²) < 4.78 is 0. The molecular formula is C28H30N6O2. The topological polar surface area (TPSA) is 103 Å².